The molecule has 3 aromatic carbocycles. The Morgan fingerprint density at radius 2 is 1.68 bits per heavy atom. The predicted octanol–water partition coefficient (Wildman–Crippen LogP) is 6.51. The Balaban J connectivity index is 1.44. The Morgan fingerprint density at radius 3 is 2.40 bits per heavy atom. The first-order chi connectivity index (χ1) is 19.0. The van der Waals surface area contributed by atoms with Crippen LogP contribution in [-0.4, -0.2) is 43.0 Å². The van der Waals surface area contributed by atoms with Gasteiger partial charge < -0.3 is 15.0 Å². The van der Waals surface area contributed by atoms with Gasteiger partial charge in [0.15, 0.2) is 11.6 Å². The monoisotopic (exact) mass is 575 g/mol. The first-order valence-corrected chi connectivity index (χ1v) is 12.3. The maximum Gasteiger partial charge on any atom is 0.417 e. The molecule has 0 aliphatic carbocycles. The number of aromatic nitrogens is 1. The number of hydrogen-bond acceptors (Lipinski definition) is 5. The van der Waals surface area contributed by atoms with Crippen molar-refractivity contribution >= 4 is 45.6 Å². The van der Waals surface area contributed by atoms with Crippen molar-refractivity contribution < 1.29 is 36.3 Å². The third-order valence-corrected chi connectivity index (χ3v) is 6.70. The van der Waals surface area contributed by atoms with Crippen LogP contribution in [0.15, 0.2) is 60.8 Å². The van der Waals surface area contributed by atoms with E-state index in [4.69, 9.17) is 16.3 Å². The van der Waals surface area contributed by atoms with Gasteiger partial charge in [0, 0.05) is 35.7 Å². The molecule has 0 atom stereocenters. The van der Waals surface area contributed by atoms with Crippen LogP contribution in [0.4, 0.5) is 33.3 Å². The average molecular weight is 576 g/mol. The fourth-order valence-corrected chi connectivity index (χ4v) is 4.56. The minimum Gasteiger partial charge on any atom is -0.378 e. The van der Waals surface area contributed by atoms with Crippen LogP contribution >= 0.6 is 11.6 Å². The molecule has 1 N–H and O–H groups in total. The predicted molar refractivity (Wildman–Crippen MR) is 139 cm³/mol. The van der Waals surface area contributed by atoms with Crippen molar-refractivity contribution in [2.75, 3.05) is 36.5 Å². The van der Waals surface area contributed by atoms with Gasteiger partial charge in [-0.25, -0.2) is 8.78 Å². The molecule has 1 aliphatic rings. The van der Waals surface area contributed by atoms with E-state index in [2.05, 4.69) is 9.88 Å². The van der Waals surface area contributed by atoms with Crippen LogP contribution < -0.4 is 10.2 Å². The van der Waals surface area contributed by atoms with E-state index in [1.807, 2.05) is 11.4 Å². The summed E-state index contributed by atoms with van der Waals surface area (Å²) in [5.41, 5.74) is -1.69. The fraction of sp³-hybridized carbons (Fsp3) is 0.179. The summed E-state index contributed by atoms with van der Waals surface area (Å²) in [6.07, 6.45) is -3.13. The van der Waals surface area contributed by atoms with E-state index in [1.165, 1.54) is 12.1 Å². The number of nitrogens with one attached hydrogen (secondary N) is 1. The molecular weight excluding hydrogens is 557 g/mol. The maximum atomic E-state index is 15.4. The third-order valence-electron chi connectivity index (χ3n) is 6.37. The number of fused-ring (bicyclic) bond motifs is 1. The molecule has 5 rings (SSSR count). The molecule has 12 heteroatoms. The molecule has 206 valence electrons. The van der Waals surface area contributed by atoms with E-state index < -0.39 is 56.9 Å². The van der Waals surface area contributed by atoms with Crippen LogP contribution in [-0.2, 0) is 10.9 Å². The van der Waals surface area contributed by atoms with Crippen molar-refractivity contribution in [3.8, 4) is 0 Å². The van der Waals surface area contributed by atoms with Gasteiger partial charge in [0.2, 0.25) is 0 Å². The normalized spacial score (nSPS) is 13.9. The molecule has 1 fully saturated rings. The first-order valence-electron chi connectivity index (χ1n) is 12.0. The van der Waals surface area contributed by atoms with Gasteiger partial charge in [-0.3, -0.25) is 14.6 Å². The Hall–Kier alpha value is -4.09. The molecular formula is C28H19ClF5N3O3. The first kappa shape index (κ1) is 27.5. The number of ketones is 1. The number of benzene rings is 3. The molecule has 1 amide bonds. The van der Waals surface area contributed by atoms with Crippen molar-refractivity contribution in [2.45, 2.75) is 6.18 Å². The van der Waals surface area contributed by atoms with Crippen molar-refractivity contribution in [2.24, 2.45) is 0 Å². The van der Waals surface area contributed by atoms with Gasteiger partial charge >= 0.3 is 6.18 Å². The summed E-state index contributed by atoms with van der Waals surface area (Å²) in [6.45, 7) is 2.47. The van der Waals surface area contributed by atoms with Crippen molar-refractivity contribution in [1.29, 1.82) is 0 Å². The number of anilines is 2. The Bertz CT molecular complexity index is 1640. The SMILES string of the molecule is O=C(Nc1cc(F)cc(C(=O)c2ccc3ncc(N4CCOCC4)cc3c2)c1F)c1ccc(Cl)c(C(F)(F)F)c1. The van der Waals surface area contributed by atoms with Gasteiger partial charge in [-0.05, 0) is 48.5 Å². The summed E-state index contributed by atoms with van der Waals surface area (Å²) >= 11 is 5.58. The highest BCUT2D eigenvalue weighted by atomic mass is 35.5. The second-order valence-electron chi connectivity index (χ2n) is 8.99. The molecule has 0 radical (unpaired) electrons. The highest BCUT2D eigenvalue weighted by Gasteiger charge is 2.34. The van der Waals surface area contributed by atoms with Crippen molar-refractivity contribution in [3.05, 3.63) is 99.7 Å². The van der Waals surface area contributed by atoms with E-state index in [0.717, 1.165) is 17.8 Å². The van der Waals surface area contributed by atoms with Crippen LogP contribution in [0, 0.1) is 11.6 Å². The van der Waals surface area contributed by atoms with E-state index in [0.29, 0.717) is 55.4 Å². The zero-order valence-electron chi connectivity index (χ0n) is 20.5. The topological polar surface area (TPSA) is 71.5 Å². The zero-order valence-corrected chi connectivity index (χ0v) is 21.2. The summed E-state index contributed by atoms with van der Waals surface area (Å²) < 4.78 is 74.7. The van der Waals surface area contributed by atoms with Crippen LogP contribution in [0.5, 0.6) is 0 Å². The lowest BCUT2D eigenvalue weighted by atomic mass is 10.00. The highest BCUT2D eigenvalue weighted by molar-refractivity contribution is 6.31. The van der Waals surface area contributed by atoms with Gasteiger partial charge in [0.25, 0.3) is 5.91 Å². The summed E-state index contributed by atoms with van der Waals surface area (Å²) in [7, 11) is 0. The number of carbonyl (C=O) groups excluding carboxylic acids is 2. The molecule has 6 nitrogen and oxygen atoms in total. The highest BCUT2D eigenvalue weighted by Crippen LogP contribution is 2.35. The Labute approximate surface area is 229 Å². The second kappa shape index (κ2) is 10.8. The number of halogens is 6. The number of rotatable bonds is 5. The van der Waals surface area contributed by atoms with E-state index in [9.17, 15) is 27.2 Å². The van der Waals surface area contributed by atoms with E-state index in [-0.39, 0.29) is 5.56 Å². The van der Waals surface area contributed by atoms with Crippen LogP contribution in [0.2, 0.25) is 5.02 Å². The Kier molecular flexibility index (Phi) is 7.43. The van der Waals surface area contributed by atoms with E-state index >= 15 is 4.39 Å². The quantitative estimate of drug-likeness (QED) is 0.217. The van der Waals surface area contributed by atoms with Crippen molar-refractivity contribution in [1.82, 2.24) is 4.98 Å². The lowest BCUT2D eigenvalue weighted by Crippen LogP contribution is -2.36. The summed E-state index contributed by atoms with van der Waals surface area (Å²) in [6, 6.07) is 10.0. The minimum absolute atomic E-state index is 0.0442. The molecule has 40 heavy (non-hydrogen) atoms. The van der Waals surface area contributed by atoms with Gasteiger partial charge in [-0.1, -0.05) is 11.6 Å². The molecule has 0 saturated carbocycles. The number of carbonyl (C=O) groups is 2. The van der Waals surface area contributed by atoms with Gasteiger partial charge in [0.05, 0.1) is 52.5 Å². The molecule has 2 heterocycles. The van der Waals surface area contributed by atoms with Crippen LogP contribution in [0.1, 0.15) is 31.8 Å². The molecule has 0 spiro atoms. The molecule has 0 bridgehead atoms. The second-order valence-corrected chi connectivity index (χ2v) is 9.40. The number of pyridine rings is 1. The van der Waals surface area contributed by atoms with Gasteiger partial charge in [-0.15, -0.1) is 0 Å². The fourth-order valence-electron chi connectivity index (χ4n) is 4.33. The number of alkyl halides is 3. The van der Waals surface area contributed by atoms with Crippen LogP contribution in [0.25, 0.3) is 10.9 Å². The minimum atomic E-state index is -4.84. The number of morpholine rings is 1. The smallest absolute Gasteiger partial charge is 0.378 e. The van der Waals surface area contributed by atoms with Crippen molar-refractivity contribution in [3.63, 3.8) is 0 Å². The molecule has 1 aliphatic heterocycles. The number of hydrogen-bond donors (Lipinski definition) is 1. The largest absolute Gasteiger partial charge is 0.417 e. The molecule has 0 unspecified atom stereocenters. The summed E-state index contributed by atoms with van der Waals surface area (Å²) in [5.74, 6) is -4.30. The van der Waals surface area contributed by atoms with Crippen LogP contribution in [0.3, 0.4) is 0 Å². The molecule has 1 aromatic heterocycles. The third kappa shape index (κ3) is 5.61. The number of ether oxygens (including phenoxy) is 1. The summed E-state index contributed by atoms with van der Waals surface area (Å²) in [5, 5.41) is 2.02. The summed E-state index contributed by atoms with van der Waals surface area (Å²) in [4.78, 5) is 32.3. The molecule has 4 aromatic rings. The van der Waals surface area contributed by atoms with Gasteiger partial charge in [-0.2, -0.15) is 13.2 Å². The van der Waals surface area contributed by atoms with Gasteiger partial charge in [0.1, 0.15) is 5.82 Å². The standard InChI is InChI=1S/C28H19ClF5N3O3/c29-22-3-1-16(11-21(22)28(32,33)34)27(39)36-24-13-18(30)12-20(25(24)31)26(38)15-2-4-23-17(9-15)10-19(14-35-23)37-5-7-40-8-6-37/h1-4,9-14H,5-8H2,(H,36,39). The molecule has 1 saturated heterocycles. The number of nitrogens with zero attached hydrogens (tertiary/aromatic N) is 2. The lowest BCUT2D eigenvalue weighted by Gasteiger charge is -2.28. The average Bonchev–Trinajstić information content (AvgIpc) is 2.93. The number of amides is 1. The zero-order chi connectivity index (χ0) is 28.6. The lowest BCUT2D eigenvalue weighted by molar-refractivity contribution is -0.137. The Morgan fingerprint density at radius 1 is 0.950 bits per heavy atom. The maximum absolute atomic E-state index is 15.4. The van der Waals surface area contributed by atoms with E-state index in [1.54, 1.807) is 12.3 Å².